The highest BCUT2D eigenvalue weighted by molar-refractivity contribution is 9.10. The predicted molar refractivity (Wildman–Crippen MR) is 85.1 cm³/mol. The molecule has 1 unspecified atom stereocenters. The van der Waals surface area contributed by atoms with Crippen molar-refractivity contribution in [3.05, 3.63) is 28.5 Å². The summed E-state index contributed by atoms with van der Waals surface area (Å²) in [6.07, 6.45) is 6.50. The number of benzene rings is 1. The maximum absolute atomic E-state index is 13.1. The lowest BCUT2D eigenvalue weighted by Gasteiger charge is -2.30. The quantitative estimate of drug-likeness (QED) is 0.834. The van der Waals surface area contributed by atoms with Gasteiger partial charge < -0.3 is 0 Å². The SMILES string of the molecule is CCC(NS(=O)(=O)c1ccc(F)cc1Br)C1CCCCC1. The molecule has 0 amide bonds. The monoisotopic (exact) mass is 377 g/mol. The molecule has 0 radical (unpaired) electrons. The molecular weight excluding hydrogens is 357 g/mol. The third-order valence-electron chi connectivity index (χ3n) is 4.15. The van der Waals surface area contributed by atoms with E-state index in [4.69, 9.17) is 0 Å². The highest BCUT2D eigenvalue weighted by Crippen LogP contribution is 2.29. The van der Waals surface area contributed by atoms with Crippen molar-refractivity contribution in [2.75, 3.05) is 0 Å². The van der Waals surface area contributed by atoms with Gasteiger partial charge in [-0.2, -0.15) is 0 Å². The Morgan fingerprint density at radius 3 is 2.57 bits per heavy atom. The van der Waals surface area contributed by atoms with E-state index in [9.17, 15) is 12.8 Å². The van der Waals surface area contributed by atoms with Crippen LogP contribution in [0.1, 0.15) is 45.4 Å². The van der Waals surface area contributed by atoms with Crippen LogP contribution in [0.4, 0.5) is 4.39 Å². The first-order valence-corrected chi connectivity index (χ1v) is 9.69. The second-order valence-corrected chi connectivity index (χ2v) is 8.15. The zero-order valence-corrected chi connectivity index (χ0v) is 14.5. The Balaban J connectivity index is 2.18. The normalized spacial score (nSPS) is 18.6. The van der Waals surface area contributed by atoms with Gasteiger partial charge in [0.2, 0.25) is 10.0 Å². The molecule has 1 aromatic carbocycles. The standard InChI is InChI=1S/C15H21BrFNO2S/c1-2-14(11-6-4-3-5-7-11)18-21(19,20)15-9-8-12(17)10-13(15)16/h8-11,14,18H,2-7H2,1H3. The summed E-state index contributed by atoms with van der Waals surface area (Å²) in [4.78, 5) is 0.0955. The maximum atomic E-state index is 13.1. The molecule has 1 fully saturated rings. The van der Waals surface area contributed by atoms with Gasteiger partial charge in [-0.15, -0.1) is 0 Å². The highest BCUT2D eigenvalue weighted by atomic mass is 79.9. The molecule has 0 bridgehead atoms. The van der Waals surface area contributed by atoms with Crippen molar-refractivity contribution in [2.45, 2.75) is 56.4 Å². The molecule has 0 aromatic heterocycles. The minimum absolute atomic E-state index is 0.0488. The van der Waals surface area contributed by atoms with Gasteiger partial charge in [0.1, 0.15) is 5.82 Å². The number of hydrogen-bond acceptors (Lipinski definition) is 2. The minimum atomic E-state index is -3.63. The third kappa shape index (κ3) is 4.27. The van der Waals surface area contributed by atoms with Crippen LogP contribution >= 0.6 is 15.9 Å². The lowest BCUT2D eigenvalue weighted by Crippen LogP contribution is -2.40. The Kier molecular flexibility index (Phi) is 5.80. The second kappa shape index (κ2) is 7.20. The van der Waals surface area contributed by atoms with Crippen molar-refractivity contribution < 1.29 is 12.8 Å². The first-order chi connectivity index (χ1) is 9.94. The van der Waals surface area contributed by atoms with Crippen LogP contribution in [0.2, 0.25) is 0 Å². The van der Waals surface area contributed by atoms with Gasteiger partial charge in [-0.25, -0.2) is 17.5 Å². The van der Waals surface area contributed by atoms with E-state index >= 15 is 0 Å². The molecule has 1 aliphatic carbocycles. The smallest absolute Gasteiger partial charge is 0.208 e. The molecule has 0 spiro atoms. The molecule has 1 aliphatic rings. The van der Waals surface area contributed by atoms with Gasteiger partial charge in [0.25, 0.3) is 0 Å². The maximum Gasteiger partial charge on any atom is 0.241 e. The van der Waals surface area contributed by atoms with E-state index < -0.39 is 15.8 Å². The van der Waals surface area contributed by atoms with Gasteiger partial charge in [-0.05, 0) is 59.3 Å². The molecule has 118 valence electrons. The molecule has 1 saturated carbocycles. The van der Waals surface area contributed by atoms with Gasteiger partial charge in [0.05, 0.1) is 4.90 Å². The Labute approximate surface area is 134 Å². The third-order valence-corrected chi connectivity index (χ3v) is 6.62. The number of sulfonamides is 1. The van der Waals surface area contributed by atoms with Crippen LogP contribution in [0.5, 0.6) is 0 Å². The van der Waals surface area contributed by atoms with Crippen molar-refractivity contribution in [1.82, 2.24) is 4.72 Å². The Hall–Kier alpha value is -0.460. The van der Waals surface area contributed by atoms with E-state index in [-0.39, 0.29) is 15.4 Å². The topological polar surface area (TPSA) is 46.2 Å². The molecule has 0 saturated heterocycles. The molecule has 0 heterocycles. The molecule has 1 atom stereocenters. The minimum Gasteiger partial charge on any atom is -0.208 e. The Bertz CT molecular complexity index is 585. The van der Waals surface area contributed by atoms with Crippen molar-refractivity contribution in [3.63, 3.8) is 0 Å². The van der Waals surface area contributed by atoms with Crippen LogP contribution in [0.25, 0.3) is 0 Å². The Morgan fingerprint density at radius 2 is 2.00 bits per heavy atom. The first kappa shape index (κ1) is 16.9. The molecule has 1 aromatic rings. The van der Waals surface area contributed by atoms with Crippen LogP contribution in [-0.2, 0) is 10.0 Å². The van der Waals surface area contributed by atoms with Crippen molar-refractivity contribution in [3.8, 4) is 0 Å². The average Bonchev–Trinajstić information content (AvgIpc) is 2.45. The predicted octanol–water partition coefficient (Wildman–Crippen LogP) is 4.23. The first-order valence-electron chi connectivity index (χ1n) is 7.41. The molecule has 1 N–H and O–H groups in total. The van der Waals surface area contributed by atoms with E-state index in [1.54, 1.807) is 0 Å². The lowest BCUT2D eigenvalue weighted by molar-refractivity contribution is 0.285. The average molecular weight is 378 g/mol. The fourth-order valence-corrected chi connectivity index (χ4v) is 5.44. The van der Waals surface area contributed by atoms with Crippen LogP contribution in [0.15, 0.2) is 27.6 Å². The molecule has 0 aliphatic heterocycles. The van der Waals surface area contributed by atoms with Crippen molar-refractivity contribution in [2.24, 2.45) is 5.92 Å². The summed E-state index contributed by atoms with van der Waals surface area (Å²) in [5, 5.41) is 0. The van der Waals surface area contributed by atoms with Crippen LogP contribution in [-0.4, -0.2) is 14.5 Å². The summed E-state index contributed by atoms with van der Waals surface area (Å²) < 4.78 is 41.2. The second-order valence-electron chi connectivity index (χ2n) is 5.61. The van der Waals surface area contributed by atoms with Gasteiger partial charge in [0.15, 0.2) is 0 Å². The van der Waals surface area contributed by atoms with Crippen molar-refractivity contribution >= 4 is 26.0 Å². The van der Waals surface area contributed by atoms with Gasteiger partial charge >= 0.3 is 0 Å². The highest BCUT2D eigenvalue weighted by Gasteiger charge is 2.28. The van der Waals surface area contributed by atoms with Gasteiger partial charge in [-0.3, -0.25) is 0 Å². The van der Waals surface area contributed by atoms with E-state index in [0.717, 1.165) is 19.3 Å². The zero-order chi connectivity index (χ0) is 15.5. The zero-order valence-electron chi connectivity index (χ0n) is 12.1. The molecule has 2 rings (SSSR count). The Morgan fingerprint density at radius 1 is 1.33 bits per heavy atom. The summed E-state index contributed by atoms with van der Waals surface area (Å²) in [6, 6.07) is 3.60. The number of rotatable bonds is 5. The van der Waals surface area contributed by atoms with Crippen LogP contribution in [0.3, 0.4) is 0 Å². The summed E-state index contributed by atoms with van der Waals surface area (Å²) in [6.45, 7) is 2.00. The summed E-state index contributed by atoms with van der Waals surface area (Å²) in [7, 11) is -3.63. The van der Waals surface area contributed by atoms with E-state index in [2.05, 4.69) is 20.7 Å². The number of halogens is 2. The van der Waals surface area contributed by atoms with Crippen molar-refractivity contribution in [1.29, 1.82) is 0 Å². The van der Waals surface area contributed by atoms with E-state index in [1.807, 2.05) is 6.92 Å². The van der Waals surface area contributed by atoms with E-state index in [0.29, 0.717) is 5.92 Å². The molecule has 3 nitrogen and oxygen atoms in total. The lowest BCUT2D eigenvalue weighted by atomic mass is 9.83. The molecule has 21 heavy (non-hydrogen) atoms. The molecule has 6 heteroatoms. The van der Waals surface area contributed by atoms with Gasteiger partial charge in [0, 0.05) is 10.5 Å². The fourth-order valence-electron chi connectivity index (χ4n) is 3.01. The van der Waals surface area contributed by atoms with Crippen LogP contribution < -0.4 is 4.72 Å². The van der Waals surface area contributed by atoms with Crippen LogP contribution in [0, 0.1) is 11.7 Å². The van der Waals surface area contributed by atoms with E-state index in [1.165, 1.54) is 37.5 Å². The number of nitrogens with one attached hydrogen (secondary N) is 1. The summed E-state index contributed by atoms with van der Waals surface area (Å²) in [5.41, 5.74) is 0. The molecular formula is C15H21BrFNO2S. The van der Waals surface area contributed by atoms with Gasteiger partial charge in [-0.1, -0.05) is 26.2 Å². The largest absolute Gasteiger partial charge is 0.241 e. The summed E-state index contributed by atoms with van der Waals surface area (Å²) in [5.74, 6) is -0.0575. The summed E-state index contributed by atoms with van der Waals surface area (Å²) >= 11 is 3.13. The fraction of sp³-hybridized carbons (Fsp3) is 0.600. The number of hydrogen-bond donors (Lipinski definition) is 1.